The van der Waals surface area contributed by atoms with Crippen LogP contribution >= 0.6 is 0 Å². The Morgan fingerprint density at radius 3 is 2.56 bits per heavy atom. The number of nitrogens with zero attached hydrogens (tertiary/aromatic N) is 1. The van der Waals surface area contributed by atoms with Crippen LogP contribution in [0, 0.1) is 0 Å². The number of carbonyl (C=O) groups is 1. The lowest BCUT2D eigenvalue weighted by atomic mass is 10.00. The highest BCUT2D eigenvalue weighted by molar-refractivity contribution is 5.75. The third kappa shape index (κ3) is 7.67. The maximum absolute atomic E-state index is 11.6. The maximum Gasteiger partial charge on any atom is 0.220 e. The maximum atomic E-state index is 11.6. The Balaban J connectivity index is 1.98. The molecule has 0 unspecified atom stereocenters. The summed E-state index contributed by atoms with van der Waals surface area (Å²) in [5.41, 5.74) is 5.60. The van der Waals surface area contributed by atoms with Gasteiger partial charge < -0.3 is 16.0 Å². The van der Waals surface area contributed by atoms with Gasteiger partial charge in [0.25, 0.3) is 0 Å². The van der Waals surface area contributed by atoms with Crippen molar-refractivity contribution in [3.8, 4) is 0 Å². The first-order chi connectivity index (χ1) is 8.47. The number of nitrogens with one attached hydrogen (secondary N) is 1. The molecule has 0 spiro atoms. The standard InChI is InChI=1S/C14H29N3O/c1-14(2,15)8-7-13(18)16-9-6-12-17-10-4-3-5-11-17/h3-12,15H2,1-2H3,(H,16,18). The van der Waals surface area contributed by atoms with Gasteiger partial charge in [0, 0.05) is 18.5 Å². The second-order valence-electron chi connectivity index (χ2n) is 6.09. The molecule has 0 aliphatic carbocycles. The van der Waals surface area contributed by atoms with Crippen LogP contribution in [-0.2, 0) is 4.79 Å². The van der Waals surface area contributed by atoms with Crippen LogP contribution in [0.1, 0.15) is 52.4 Å². The minimum Gasteiger partial charge on any atom is -0.356 e. The molecule has 1 amide bonds. The van der Waals surface area contributed by atoms with Crippen molar-refractivity contribution < 1.29 is 4.79 Å². The molecule has 0 bridgehead atoms. The zero-order chi connectivity index (χ0) is 13.4. The Kier molecular flexibility index (Phi) is 6.65. The summed E-state index contributed by atoms with van der Waals surface area (Å²) in [7, 11) is 0. The van der Waals surface area contributed by atoms with Crippen molar-refractivity contribution >= 4 is 5.91 Å². The molecule has 1 rings (SSSR count). The summed E-state index contributed by atoms with van der Waals surface area (Å²) in [6.07, 6.45) is 6.37. The molecule has 0 aromatic rings. The van der Waals surface area contributed by atoms with Crippen LogP contribution in [0.5, 0.6) is 0 Å². The molecule has 1 aliphatic rings. The number of piperidine rings is 1. The fraction of sp³-hybridized carbons (Fsp3) is 0.929. The van der Waals surface area contributed by atoms with Gasteiger partial charge in [-0.1, -0.05) is 6.42 Å². The molecule has 1 saturated heterocycles. The van der Waals surface area contributed by atoms with Crippen molar-refractivity contribution in [2.24, 2.45) is 5.73 Å². The largest absolute Gasteiger partial charge is 0.356 e. The molecule has 1 fully saturated rings. The summed E-state index contributed by atoms with van der Waals surface area (Å²) < 4.78 is 0. The van der Waals surface area contributed by atoms with Crippen LogP contribution in [0.25, 0.3) is 0 Å². The van der Waals surface area contributed by atoms with Crippen molar-refractivity contribution in [3.05, 3.63) is 0 Å². The number of hydrogen-bond acceptors (Lipinski definition) is 3. The number of hydrogen-bond donors (Lipinski definition) is 2. The number of likely N-dealkylation sites (tertiary alicyclic amines) is 1. The van der Waals surface area contributed by atoms with Gasteiger partial charge in [0.2, 0.25) is 5.91 Å². The molecule has 4 heteroatoms. The smallest absolute Gasteiger partial charge is 0.220 e. The summed E-state index contributed by atoms with van der Waals surface area (Å²) in [5, 5.41) is 2.97. The quantitative estimate of drug-likeness (QED) is 0.678. The minimum absolute atomic E-state index is 0.132. The van der Waals surface area contributed by atoms with Gasteiger partial charge in [-0.05, 0) is 59.2 Å². The molecule has 0 saturated carbocycles. The van der Waals surface area contributed by atoms with E-state index in [0.717, 1.165) is 25.9 Å². The first kappa shape index (κ1) is 15.4. The molecular weight excluding hydrogens is 226 g/mol. The minimum atomic E-state index is -0.245. The van der Waals surface area contributed by atoms with E-state index in [2.05, 4.69) is 10.2 Å². The molecule has 0 aromatic carbocycles. The summed E-state index contributed by atoms with van der Waals surface area (Å²) in [5.74, 6) is 0.132. The number of rotatable bonds is 7. The Morgan fingerprint density at radius 2 is 1.94 bits per heavy atom. The summed E-state index contributed by atoms with van der Waals surface area (Å²) >= 11 is 0. The summed E-state index contributed by atoms with van der Waals surface area (Å²) in [6, 6.07) is 0. The fourth-order valence-electron chi connectivity index (χ4n) is 2.24. The Bertz CT molecular complexity index is 242. The lowest BCUT2D eigenvalue weighted by molar-refractivity contribution is -0.121. The molecule has 18 heavy (non-hydrogen) atoms. The number of carbonyl (C=O) groups excluding carboxylic acids is 1. The molecule has 4 nitrogen and oxygen atoms in total. The van der Waals surface area contributed by atoms with Crippen LogP contribution in [-0.4, -0.2) is 42.5 Å². The zero-order valence-corrected chi connectivity index (χ0v) is 12.0. The highest BCUT2D eigenvalue weighted by atomic mass is 16.1. The van der Waals surface area contributed by atoms with Gasteiger partial charge in [-0.3, -0.25) is 4.79 Å². The lowest BCUT2D eigenvalue weighted by Crippen LogP contribution is -2.35. The van der Waals surface area contributed by atoms with E-state index in [1.165, 1.54) is 32.4 Å². The molecule has 1 aliphatic heterocycles. The van der Waals surface area contributed by atoms with E-state index in [1.807, 2.05) is 13.8 Å². The van der Waals surface area contributed by atoms with E-state index < -0.39 is 0 Å². The van der Waals surface area contributed by atoms with Crippen molar-refractivity contribution in [3.63, 3.8) is 0 Å². The Labute approximate surface area is 111 Å². The molecular formula is C14H29N3O. The lowest BCUT2D eigenvalue weighted by Gasteiger charge is -2.26. The highest BCUT2D eigenvalue weighted by Gasteiger charge is 2.13. The average Bonchev–Trinajstić information content (AvgIpc) is 2.33. The second-order valence-corrected chi connectivity index (χ2v) is 6.09. The molecule has 106 valence electrons. The molecule has 0 radical (unpaired) electrons. The monoisotopic (exact) mass is 255 g/mol. The first-order valence-electron chi connectivity index (χ1n) is 7.25. The Morgan fingerprint density at radius 1 is 1.28 bits per heavy atom. The van der Waals surface area contributed by atoms with Gasteiger partial charge >= 0.3 is 0 Å². The predicted molar refractivity (Wildman–Crippen MR) is 75.4 cm³/mol. The summed E-state index contributed by atoms with van der Waals surface area (Å²) in [4.78, 5) is 14.1. The fourth-order valence-corrected chi connectivity index (χ4v) is 2.24. The first-order valence-corrected chi connectivity index (χ1v) is 7.25. The van der Waals surface area contributed by atoms with Crippen molar-refractivity contribution in [2.75, 3.05) is 26.2 Å². The normalized spacial score (nSPS) is 17.7. The second kappa shape index (κ2) is 7.74. The van der Waals surface area contributed by atoms with Crippen LogP contribution < -0.4 is 11.1 Å². The van der Waals surface area contributed by atoms with Crippen LogP contribution in [0.15, 0.2) is 0 Å². The third-order valence-corrected chi connectivity index (χ3v) is 3.42. The van der Waals surface area contributed by atoms with E-state index in [4.69, 9.17) is 5.73 Å². The topological polar surface area (TPSA) is 58.4 Å². The molecule has 3 N–H and O–H groups in total. The van der Waals surface area contributed by atoms with Gasteiger partial charge in [-0.25, -0.2) is 0 Å². The van der Waals surface area contributed by atoms with E-state index >= 15 is 0 Å². The molecule has 0 atom stereocenters. The number of nitrogens with two attached hydrogens (primary N) is 1. The summed E-state index contributed by atoms with van der Waals surface area (Å²) in [6.45, 7) is 8.28. The highest BCUT2D eigenvalue weighted by Crippen LogP contribution is 2.08. The van der Waals surface area contributed by atoms with Crippen molar-refractivity contribution in [1.82, 2.24) is 10.2 Å². The van der Waals surface area contributed by atoms with Gasteiger partial charge in [0.1, 0.15) is 0 Å². The van der Waals surface area contributed by atoms with E-state index in [9.17, 15) is 4.79 Å². The van der Waals surface area contributed by atoms with E-state index in [-0.39, 0.29) is 11.4 Å². The van der Waals surface area contributed by atoms with Gasteiger partial charge in [-0.15, -0.1) is 0 Å². The predicted octanol–water partition coefficient (Wildman–Crippen LogP) is 1.50. The van der Waals surface area contributed by atoms with E-state index in [0.29, 0.717) is 6.42 Å². The van der Waals surface area contributed by atoms with E-state index in [1.54, 1.807) is 0 Å². The van der Waals surface area contributed by atoms with Crippen molar-refractivity contribution in [2.45, 2.75) is 57.9 Å². The average molecular weight is 255 g/mol. The molecule has 0 aromatic heterocycles. The third-order valence-electron chi connectivity index (χ3n) is 3.42. The SMILES string of the molecule is CC(C)(N)CCC(=O)NCCCN1CCCCC1. The van der Waals surface area contributed by atoms with Crippen molar-refractivity contribution in [1.29, 1.82) is 0 Å². The number of amides is 1. The Hall–Kier alpha value is -0.610. The van der Waals surface area contributed by atoms with Gasteiger partial charge in [0.05, 0.1) is 0 Å². The molecule has 1 heterocycles. The van der Waals surface area contributed by atoms with Crippen LogP contribution in [0.2, 0.25) is 0 Å². The van der Waals surface area contributed by atoms with Gasteiger partial charge in [0.15, 0.2) is 0 Å². The van der Waals surface area contributed by atoms with Crippen LogP contribution in [0.3, 0.4) is 0 Å². The van der Waals surface area contributed by atoms with Crippen LogP contribution in [0.4, 0.5) is 0 Å². The van der Waals surface area contributed by atoms with Gasteiger partial charge in [-0.2, -0.15) is 0 Å². The zero-order valence-electron chi connectivity index (χ0n) is 12.0.